The minimum Gasteiger partial charge on any atom is -0.454 e. The van der Waals surface area contributed by atoms with Gasteiger partial charge in [-0.3, -0.25) is 10.1 Å². The summed E-state index contributed by atoms with van der Waals surface area (Å²) in [4.78, 5) is 36.5. The minimum absolute atomic E-state index is 0.0835. The van der Waals surface area contributed by atoms with Gasteiger partial charge in [0.2, 0.25) is 5.82 Å². The van der Waals surface area contributed by atoms with Gasteiger partial charge in [0.25, 0.3) is 5.91 Å². The zero-order valence-electron chi connectivity index (χ0n) is 16.3. The molecule has 0 atom stereocenters. The van der Waals surface area contributed by atoms with E-state index in [0.29, 0.717) is 5.82 Å². The maximum absolute atomic E-state index is 11.9. The van der Waals surface area contributed by atoms with Gasteiger partial charge >= 0.3 is 12.0 Å². The van der Waals surface area contributed by atoms with Crippen molar-refractivity contribution in [1.82, 2.24) is 30.8 Å². The molecule has 0 spiro atoms. The number of tetrazole rings is 1. The van der Waals surface area contributed by atoms with E-state index in [9.17, 15) is 14.4 Å². The summed E-state index contributed by atoms with van der Waals surface area (Å²) < 4.78 is 4.87. The van der Waals surface area contributed by atoms with Gasteiger partial charge in [-0.05, 0) is 25.0 Å². The number of hydrogen-bond acceptors (Lipinski definition) is 7. The van der Waals surface area contributed by atoms with E-state index in [0.717, 1.165) is 41.6 Å². The van der Waals surface area contributed by atoms with E-state index in [4.69, 9.17) is 4.74 Å². The van der Waals surface area contributed by atoms with Gasteiger partial charge in [0.1, 0.15) is 0 Å². The van der Waals surface area contributed by atoms with Crippen LogP contribution in [0.1, 0.15) is 37.7 Å². The Bertz CT molecular complexity index is 858. The second-order valence-electron chi connectivity index (χ2n) is 7.03. The van der Waals surface area contributed by atoms with E-state index < -0.39 is 24.5 Å². The molecule has 0 unspecified atom stereocenters. The van der Waals surface area contributed by atoms with Crippen LogP contribution in [0.15, 0.2) is 24.3 Å². The topological polar surface area (TPSA) is 128 Å². The Morgan fingerprint density at radius 1 is 1.14 bits per heavy atom. The van der Waals surface area contributed by atoms with Crippen molar-refractivity contribution in [2.75, 3.05) is 6.61 Å². The normalized spacial score (nSPS) is 14.2. The minimum atomic E-state index is -0.708. The number of esters is 1. The Balaban J connectivity index is 1.39. The largest absolute Gasteiger partial charge is 0.454 e. The van der Waals surface area contributed by atoms with Crippen molar-refractivity contribution in [3.05, 3.63) is 29.8 Å². The molecule has 2 N–H and O–H groups in total. The Labute approximate surface area is 168 Å². The number of urea groups is 1. The number of imide groups is 1. The number of ether oxygens (including phenoxy) is 1. The SMILES string of the molecule is Cc1ccc(-c2nnn(CC(=O)OCC(=O)NC(=O)NC3CCCCC3)n2)cc1. The molecule has 0 aliphatic heterocycles. The maximum Gasteiger partial charge on any atom is 0.330 e. The third-order valence-corrected chi connectivity index (χ3v) is 4.59. The molecule has 1 aliphatic rings. The van der Waals surface area contributed by atoms with E-state index in [1.165, 1.54) is 6.42 Å². The summed E-state index contributed by atoms with van der Waals surface area (Å²) in [5, 5.41) is 16.7. The highest BCUT2D eigenvalue weighted by atomic mass is 16.5. The summed E-state index contributed by atoms with van der Waals surface area (Å²) >= 11 is 0. The van der Waals surface area contributed by atoms with Crippen molar-refractivity contribution >= 4 is 17.9 Å². The fourth-order valence-corrected chi connectivity index (χ4v) is 3.07. The third kappa shape index (κ3) is 6.37. The molecular weight excluding hydrogens is 376 g/mol. The summed E-state index contributed by atoms with van der Waals surface area (Å²) in [5.74, 6) is -1.02. The predicted molar refractivity (Wildman–Crippen MR) is 102 cm³/mol. The molecule has 1 aromatic carbocycles. The summed E-state index contributed by atoms with van der Waals surface area (Å²) in [6.07, 6.45) is 5.12. The van der Waals surface area contributed by atoms with Gasteiger partial charge < -0.3 is 10.1 Å². The van der Waals surface area contributed by atoms with Crippen LogP contribution in [0.4, 0.5) is 4.79 Å². The first-order valence-corrected chi connectivity index (χ1v) is 9.60. The first-order valence-electron chi connectivity index (χ1n) is 9.60. The van der Waals surface area contributed by atoms with Crippen LogP contribution in [-0.4, -0.2) is 50.8 Å². The third-order valence-electron chi connectivity index (χ3n) is 4.59. The lowest BCUT2D eigenvalue weighted by atomic mass is 9.96. The molecule has 0 saturated heterocycles. The van der Waals surface area contributed by atoms with Gasteiger partial charge in [0.15, 0.2) is 13.2 Å². The Morgan fingerprint density at radius 3 is 2.59 bits per heavy atom. The summed E-state index contributed by atoms with van der Waals surface area (Å²) in [6, 6.07) is 7.08. The molecule has 3 rings (SSSR count). The highest BCUT2D eigenvalue weighted by Crippen LogP contribution is 2.17. The first kappa shape index (κ1) is 20.4. The van der Waals surface area contributed by atoms with Crippen molar-refractivity contribution in [2.24, 2.45) is 0 Å². The van der Waals surface area contributed by atoms with Gasteiger partial charge in [-0.2, -0.15) is 4.80 Å². The molecule has 1 aromatic heterocycles. The second-order valence-corrected chi connectivity index (χ2v) is 7.03. The maximum atomic E-state index is 11.9. The van der Waals surface area contributed by atoms with E-state index in [1.807, 2.05) is 31.2 Å². The summed E-state index contributed by atoms with van der Waals surface area (Å²) in [7, 11) is 0. The summed E-state index contributed by atoms with van der Waals surface area (Å²) in [5.41, 5.74) is 1.88. The van der Waals surface area contributed by atoms with Crippen LogP contribution in [0.3, 0.4) is 0 Å². The smallest absolute Gasteiger partial charge is 0.330 e. The van der Waals surface area contributed by atoms with Crippen LogP contribution in [0.25, 0.3) is 11.4 Å². The lowest BCUT2D eigenvalue weighted by Gasteiger charge is -2.22. The van der Waals surface area contributed by atoms with E-state index in [1.54, 1.807) is 0 Å². The van der Waals surface area contributed by atoms with Crippen molar-refractivity contribution in [1.29, 1.82) is 0 Å². The van der Waals surface area contributed by atoms with Crippen LogP contribution in [-0.2, 0) is 20.9 Å². The van der Waals surface area contributed by atoms with E-state index in [2.05, 4.69) is 26.0 Å². The van der Waals surface area contributed by atoms with E-state index >= 15 is 0 Å². The van der Waals surface area contributed by atoms with Gasteiger partial charge in [0, 0.05) is 11.6 Å². The van der Waals surface area contributed by atoms with E-state index in [-0.39, 0.29) is 12.6 Å². The Morgan fingerprint density at radius 2 is 1.86 bits per heavy atom. The zero-order chi connectivity index (χ0) is 20.6. The molecule has 1 aliphatic carbocycles. The number of nitrogens with zero attached hydrogens (tertiary/aromatic N) is 4. The van der Waals surface area contributed by atoms with Gasteiger partial charge in [0.05, 0.1) is 0 Å². The van der Waals surface area contributed by atoms with Crippen molar-refractivity contribution in [3.8, 4) is 11.4 Å². The average Bonchev–Trinajstić information content (AvgIpc) is 3.16. The second kappa shape index (κ2) is 9.76. The van der Waals surface area contributed by atoms with Crippen molar-refractivity contribution < 1.29 is 19.1 Å². The molecule has 2 aromatic rings. The zero-order valence-corrected chi connectivity index (χ0v) is 16.3. The number of benzene rings is 1. The quantitative estimate of drug-likeness (QED) is 0.701. The number of rotatable bonds is 6. The standard InChI is InChI=1S/C19H24N6O4/c1-13-7-9-14(10-8-13)18-22-24-25(23-18)11-17(27)29-12-16(26)21-19(28)20-15-5-3-2-4-6-15/h7-10,15H,2-6,11-12H2,1H3,(H2,20,21,26,28). The molecule has 10 heteroatoms. The number of aryl methyl sites for hydroxylation is 1. The lowest BCUT2D eigenvalue weighted by Crippen LogP contribution is -2.46. The van der Waals surface area contributed by atoms with Crippen LogP contribution in [0, 0.1) is 6.92 Å². The highest BCUT2D eigenvalue weighted by Gasteiger charge is 2.18. The van der Waals surface area contributed by atoms with Gasteiger partial charge in [-0.25, -0.2) is 9.59 Å². The molecule has 0 radical (unpaired) electrons. The molecule has 29 heavy (non-hydrogen) atoms. The van der Waals surface area contributed by atoms with Crippen molar-refractivity contribution in [3.63, 3.8) is 0 Å². The molecule has 1 fully saturated rings. The number of carbonyl (C=O) groups excluding carboxylic acids is 3. The van der Waals surface area contributed by atoms with Gasteiger partial charge in [-0.1, -0.05) is 49.1 Å². The van der Waals surface area contributed by atoms with Crippen molar-refractivity contribution in [2.45, 2.75) is 51.6 Å². The average molecular weight is 400 g/mol. The van der Waals surface area contributed by atoms with Crippen LogP contribution < -0.4 is 10.6 Å². The molecule has 1 saturated carbocycles. The fourth-order valence-electron chi connectivity index (χ4n) is 3.07. The van der Waals surface area contributed by atoms with Crippen LogP contribution in [0.5, 0.6) is 0 Å². The lowest BCUT2D eigenvalue weighted by molar-refractivity contribution is -0.149. The monoisotopic (exact) mass is 400 g/mol. The van der Waals surface area contributed by atoms with Crippen LogP contribution >= 0.6 is 0 Å². The number of nitrogens with one attached hydrogen (secondary N) is 2. The number of hydrogen-bond donors (Lipinski definition) is 2. The molecular formula is C19H24N6O4. The van der Waals surface area contributed by atoms with Gasteiger partial charge in [-0.15, -0.1) is 10.2 Å². The fraction of sp³-hybridized carbons (Fsp3) is 0.474. The predicted octanol–water partition coefficient (Wildman–Crippen LogP) is 1.35. The molecule has 1 heterocycles. The number of amides is 3. The molecule has 154 valence electrons. The highest BCUT2D eigenvalue weighted by molar-refractivity contribution is 5.95. The number of aromatic nitrogens is 4. The summed E-state index contributed by atoms with van der Waals surface area (Å²) in [6.45, 7) is 1.12. The van der Waals surface area contributed by atoms with Crippen LogP contribution in [0.2, 0.25) is 0 Å². The molecule has 3 amide bonds. The first-order chi connectivity index (χ1) is 14.0. The molecule has 10 nitrogen and oxygen atoms in total. The Hall–Kier alpha value is -3.30. The Kier molecular flexibility index (Phi) is 6.88. The molecule has 0 bridgehead atoms. The number of carbonyl (C=O) groups is 3.